The van der Waals surface area contributed by atoms with Gasteiger partial charge in [0.25, 0.3) is 0 Å². The molecule has 0 bridgehead atoms. The van der Waals surface area contributed by atoms with Crippen molar-refractivity contribution in [3.63, 3.8) is 0 Å². The third-order valence-corrected chi connectivity index (χ3v) is 2.45. The summed E-state index contributed by atoms with van der Waals surface area (Å²) in [5.74, 6) is 0.251. The Labute approximate surface area is 79.7 Å². The van der Waals surface area contributed by atoms with Gasteiger partial charge in [0.2, 0.25) is 0 Å². The van der Waals surface area contributed by atoms with Crippen LogP contribution in [-0.4, -0.2) is 41.5 Å². The lowest BCUT2D eigenvalue weighted by Crippen LogP contribution is -2.34. The minimum absolute atomic E-state index is 0.229. The zero-order valence-electron chi connectivity index (χ0n) is 8.71. The largest absolute Gasteiger partial charge is 0.392 e. The fourth-order valence-corrected chi connectivity index (χ4v) is 1.40. The summed E-state index contributed by atoms with van der Waals surface area (Å²) in [5.41, 5.74) is -0.256. The predicted molar refractivity (Wildman–Crippen MR) is 51.5 cm³/mol. The average Bonchev–Trinajstić information content (AvgIpc) is 2.33. The molecule has 1 heterocycles. The molecule has 3 heteroatoms. The SMILES string of the molecule is CC(C)(C)C(=O)CN1CCC(O)C1. The number of rotatable bonds is 2. The standard InChI is InChI=1S/C10H19NO2/c1-10(2,3)9(13)7-11-5-4-8(12)6-11/h8,12H,4-7H2,1-3H3. The second-order valence-electron chi connectivity index (χ2n) is 4.85. The normalized spacial score (nSPS) is 25.1. The molecular weight excluding hydrogens is 166 g/mol. The molecule has 1 saturated heterocycles. The number of Topliss-reactive ketones (excluding diaryl/α,β-unsaturated/α-hetero) is 1. The molecule has 0 radical (unpaired) electrons. The smallest absolute Gasteiger partial charge is 0.152 e. The van der Waals surface area contributed by atoms with E-state index in [9.17, 15) is 9.90 Å². The van der Waals surface area contributed by atoms with Crippen molar-refractivity contribution in [2.24, 2.45) is 5.41 Å². The third kappa shape index (κ3) is 3.08. The molecule has 1 unspecified atom stereocenters. The molecule has 13 heavy (non-hydrogen) atoms. The Morgan fingerprint density at radius 2 is 2.15 bits per heavy atom. The van der Waals surface area contributed by atoms with Gasteiger partial charge in [-0.2, -0.15) is 0 Å². The Kier molecular flexibility index (Phi) is 3.09. The van der Waals surface area contributed by atoms with Crippen LogP contribution in [0.1, 0.15) is 27.2 Å². The maximum absolute atomic E-state index is 11.6. The van der Waals surface area contributed by atoms with E-state index in [1.165, 1.54) is 0 Å². The molecule has 0 amide bonds. The van der Waals surface area contributed by atoms with Crippen LogP contribution >= 0.6 is 0 Å². The Morgan fingerprint density at radius 3 is 2.54 bits per heavy atom. The lowest BCUT2D eigenvalue weighted by molar-refractivity contribution is -0.127. The number of hydrogen-bond acceptors (Lipinski definition) is 3. The molecular formula is C10H19NO2. The van der Waals surface area contributed by atoms with Gasteiger partial charge in [-0.1, -0.05) is 20.8 Å². The number of aliphatic hydroxyl groups excluding tert-OH is 1. The number of β-amino-alcohol motifs (C(OH)–C–C–N with tert-alkyl or cyclic N) is 1. The van der Waals surface area contributed by atoms with Crippen molar-refractivity contribution in [3.05, 3.63) is 0 Å². The van der Waals surface area contributed by atoms with Crippen LogP contribution in [0.2, 0.25) is 0 Å². The highest BCUT2D eigenvalue weighted by atomic mass is 16.3. The first-order valence-electron chi connectivity index (χ1n) is 4.83. The van der Waals surface area contributed by atoms with E-state index >= 15 is 0 Å². The number of carbonyl (C=O) groups excluding carboxylic acids is 1. The highest BCUT2D eigenvalue weighted by Gasteiger charge is 2.27. The van der Waals surface area contributed by atoms with Crippen molar-refractivity contribution in [1.82, 2.24) is 4.90 Å². The molecule has 0 aromatic rings. The van der Waals surface area contributed by atoms with Gasteiger partial charge in [-0.05, 0) is 6.42 Å². The zero-order chi connectivity index (χ0) is 10.1. The first-order valence-corrected chi connectivity index (χ1v) is 4.83. The van der Waals surface area contributed by atoms with Crippen LogP contribution in [0.4, 0.5) is 0 Å². The van der Waals surface area contributed by atoms with E-state index in [0.29, 0.717) is 13.1 Å². The van der Waals surface area contributed by atoms with Crippen LogP contribution in [0.15, 0.2) is 0 Å². The van der Waals surface area contributed by atoms with Gasteiger partial charge in [0.15, 0.2) is 5.78 Å². The van der Waals surface area contributed by atoms with E-state index in [1.54, 1.807) is 0 Å². The number of aliphatic hydroxyl groups is 1. The van der Waals surface area contributed by atoms with Crippen molar-refractivity contribution in [2.45, 2.75) is 33.3 Å². The number of hydrogen-bond donors (Lipinski definition) is 1. The van der Waals surface area contributed by atoms with Gasteiger partial charge in [0.05, 0.1) is 12.6 Å². The molecule has 1 N–H and O–H groups in total. The van der Waals surface area contributed by atoms with Crippen LogP contribution in [0.5, 0.6) is 0 Å². The Bertz CT molecular complexity index is 196. The van der Waals surface area contributed by atoms with Gasteiger partial charge in [0.1, 0.15) is 0 Å². The predicted octanol–water partition coefficient (Wildman–Crippen LogP) is 0.668. The minimum atomic E-state index is -0.256. The second-order valence-corrected chi connectivity index (χ2v) is 4.85. The van der Waals surface area contributed by atoms with E-state index in [2.05, 4.69) is 0 Å². The summed E-state index contributed by atoms with van der Waals surface area (Å²) in [6.07, 6.45) is 0.574. The van der Waals surface area contributed by atoms with E-state index in [1.807, 2.05) is 25.7 Å². The van der Waals surface area contributed by atoms with E-state index in [4.69, 9.17) is 0 Å². The van der Waals surface area contributed by atoms with Crippen LogP contribution in [-0.2, 0) is 4.79 Å². The van der Waals surface area contributed by atoms with Crippen molar-refractivity contribution in [1.29, 1.82) is 0 Å². The summed E-state index contributed by atoms with van der Waals surface area (Å²) < 4.78 is 0. The molecule has 1 fully saturated rings. The molecule has 1 aliphatic heterocycles. The number of carbonyl (C=O) groups is 1. The molecule has 0 aromatic heterocycles. The van der Waals surface area contributed by atoms with Gasteiger partial charge >= 0.3 is 0 Å². The van der Waals surface area contributed by atoms with Gasteiger partial charge in [-0.15, -0.1) is 0 Å². The summed E-state index contributed by atoms with van der Waals surface area (Å²) in [7, 11) is 0. The van der Waals surface area contributed by atoms with Gasteiger partial charge in [0, 0.05) is 18.5 Å². The van der Waals surface area contributed by atoms with Gasteiger partial charge in [-0.3, -0.25) is 9.69 Å². The summed E-state index contributed by atoms with van der Waals surface area (Å²) >= 11 is 0. The fraction of sp³-hybridized carbons (Fsp3) is 0.900. The van der Waals surface area contributed by atoms with E-state index in [-0.39, 0.29) is 17.3 Å². The molecule has 1 aliphatic rings. The molecule has 0 spiro atoms. The molecule has 0 aromatic carbocycles. The lowest BCUT2D eigenvalue weighted by atomic mass is 9.90. The van der Waals surface area contributed by atoms with Crippen LogP contribution in [0.3, 0.4) is 0 Å². The second kappa shape index (κ2) is 3.76. The third-order valence-electron chi connectivity index (χ3n) is 2.45. The van der Waals surface area contributed by atoms with E-state index in [0.717, 1.165) is 13.0 Å². The number of likely N-dealkylation sites (tertiary alicyclic amines) is 1. The molecule has 76 valence electrons. The molecule has 0 saturated carbocycles. The monoisotopic (exact) mass is 185 g/mol. The molecule has 0 aliphatic carbocycles. The number of nitrogens with zero attached hydrogens (tertiary/aromatic N) is 1. The first kappa shape index (κ1) is 10.7. The van der Waals surface area contributed by atoms with Gasteiger partial charge in [-0.25, -0.2) is 0 Å². The lowest BCUT2D eigenvalue weighted by Gasteiger charge is -2.21. The average molecular weight is 185 g/mol. The maximum atomic E-state index is 11.6. The highest BCUT2D eigenvalue weighted by Crippen LogP contribution is 2.17. The summed E-state index contributed by atoms with van der Waals surface area (Å²) in [6, 6.07) is 0. The van der Waals surface area contributed by atoms with Gasteiger partial charge < -0.3 is 5.11 Å². The summed E-state index contributed by atoms with van der Waals surface area (Å²) in [5, 5.41) is 9.26. The fourth-order valence-electron chi connectivity index (χ4n) is 1.40. The number of ketones is 1. The van der Waals surface area contributed by atoms with Crippen LogP contribution in [0.25, 0.3) is 0 Å². The van der Waals surface area contributed by atoms with Crippen LogP contribution < -0.4 is 0 Å². The minimum Gasteiger partial charge on any atom is -0.392 e. The zero-order valence-corrected chi connectivity index (χ0v) is 8.71. The Balaban J connectivity index is 2.37. The highest BCUT2D eigenvalue weighted by molar-refractivity contribution is 5.85. The van der Waals surface area contributed by atoms with Crippen molar-refractivity contribution in [2.75, 3.05) is 19.6 Å². The van der Waals surface area contributed by atoms with E-state index < -0.39 is 0 Å². The summed E-state index contributed by atoms with van der Waals surface area (Å²) in [6.45, 7) is 7.79. The Morgan fingerprint density at radius 1 is 1.54 bits per heavy atom. The summed E-state index contributed by atoms with van der Waals surface area (Å²) in [4.78, 5) is 13.6. The van der Waals surface area contributed by atoms with Crippen molar-refractivity contribution < 1.29 is 9.90 Å². The Hall–Kier alpha value is -0.410. The molecule has 1 atom stereocenters. The maximum Gasteiger partial charge on any atom is 0.152 e. The van der Waals surface area contributed by atoms with Crippen molar-refractivity contribution >= 4 is 5.78 Å². The topological polar surface area (TPSA) is 40.5 Å². The molecule has 1 rings (SSSR count). The molecule has 3 nitrogen and oxygen atoms in total. The van der Waals surface area contributed by atoms with Crippen LogP contribution in [0, 0.1) is 5.41 Å². The quantitative estimate of drug-likeness (QED) is 0.687. The first-order chi connectivity index (χ1) is 5.89. The van der Waals surface area contributed by atoms with Crippen molar-refractivity contribution in [3.8, 4) is 0 Å².